The molecule has 0 saturated heterocycles. The summed E-state index contributed by atoms with van der Waals surface area (Å²) >= 11 is 0. The number of halogens is 1. The van der Waals surface area contributed by atoms with Gasteiger partial charge >= 0.3 is 0 Å². The predicted octanol–water partition coefficient (Wildman–Crippen LogP) is 4.43. The van der Waals surface area contributed by atoms with Crippen LogP contribution in [0.15, 0.2) is 42.5 Å². The molecular weight excluding hydrogens is 253 g/mol. The molecule has 0 aliphatic carbocycles. The fraction of sp³-hybridized carbons (Fsp3) is 0.294. The average molecular weight is 273 g/mol. The van der Waals surface area contributed by atoms with Crippen LogP contribution in [-0.2, 0) is 6.54 Å². The third-order valence-corrected chi connectivity index (χ3v) is 2.98. The summed E-state index contributed by atoms with van der Waals surface area (Å²) in [7, 11) is 0. The van der Waals surface area contributed by atoms with Gasteiger partial charge in [-0.1, -0.05) is 30.7 Å². The molecule has 1 N–H and O–H groups in total. The van der Waals surface area contributed by atoms with E-state index in [1.807, 2.05) is 12.1 Å². The van der Waals surface area contributed by atoms with Crippen LogP contribution in [0.4, 0.5) is 4.39 Å². The van der Waals surface area contributed by atoms with Crippen LogP contribution >= 0.6 is 0 Å². The maximum atomic E-state index is 13.2. The maximum Gasteiger partial charge on any atom is 0.131 e. The lowest BCUT2D eigenvalue weighted by Gasteiger charge is -2.13. The molecule has 0 unspecified atom stereocenters. The Morgan fingerprint density at radius 2 is 2.00 bits per heavy atom. The highest BCUT2D eigenvalue weighted by molar-refractivity contribution is 5.40. The quantitative estimate of drug-likeness (QED) is 0.786. The standard InChI is InChI=1S/C17H20FNO/c1-3-9-19-12-14-10-13(2)7-8-17(14)20-16-6-4-5-15(18)11-16/h4-8,10-11,19H,3,9,12H2,1-2H3. The van der Waals surface area contributed by atoms with E-state index in [2.05, 4.69) is 25.2 Å². The van der Waals surface area contributed by atoms with Crippen molar-refractivity contribution in [1.82, 2.24) is 5.32 Å². The topological polar surface area (TPSA) is 21.3 Å². The van der Waals surface area contributed by atoms with Crippen molar-refractivity contribution in [3.63, 3.8) is 0 Å². The van der Waals surface area contributed by atoms with Crippen molar-refractivity contribution < 1.29 is 9.13 Å². The van der Waals surface area contributed by atoms with E-state index in [-0.39, 0.29) is 5.82 Å². The molecule has 106 valence electrons. The highest BCUT2D eigenvalue weighted by atomic mass is 19.1. The van der Waals surface area contributed by atoms with Crippen LogP contribution < -0.4 is 10.1 Å². The monoisotopic (exact) mass is 273 g/mol. The van der Waals surface area contributed by atoms with Crippen LogP contribution in [0, 0.1) is 12.7 Å². The van der Waals surface area contributed by atoms with Gasteiger partial charge in [0.2, 0.25) is 0 Å². The van der Waals surface area contributed by atoms with E-state index in [0.717, 1.165) is 30.8 Å². The molecule has 0 fully saturated rings. The Bertz CT molecular complexity index is 569. The molecule has 2 aromatic carbocycles. The Morgan fingerprint density at radius 1 is 1.15 bits per heavy atom. The second-order valence-electron chi connectivity index (χ2n) is 4.85. The SMILES string of the molecule is CCCNCc1cc(C)ccc1Oc1cccc(F)c1. The Hall–Kier alpha value is -1.87. The van der Waals surface area contributed by atoms with E-state index in [0.29, 0.717) is 5.75 Å². The minimum Gasteiger partial charge on any atom is -0.457 e. The molecule has 0 saturated carbocycles. The lowest BCUT2D eigenvalue weighted by Crippen LogP contribution is -2.14. The zero-order valence-corrected chi connectivity index (χ0v) is 11.9. The van der Waals surface area contributed by atoms with Gasteiger partial charge in [0, 0.05) is 18.2 Å². The molecule has 2 aromatic rings. The summed E-state index contributed by atoms with van der Waals surface area (Å²) in [4.78, 5) is 0. The first kappa shape index (κ1) is 14.5. The molecule has 0 spiro atoms. The summed E-state index contributed by atoms with van der Waals surface area (Å²) < 4.78 is 19.0. The van der Waals surface area contributed by atoms with Gasteiger partial charge in [-0.3, -0.25) is 0 Å². The van der Waals surface area contributed by atoms with Crippen LogP contribution in [-0.4, -0.2) is 6.54 Å². The third kappa shape index (κ3) is 4.07. The van der Waals surface area contributed by atoms with E-state index >= 15 is 0 Å². The van der Waals surface area contributed by atoms with Crippen molar-refractivity contribution in [2.24, 2.45) is 0 Å². The van der Waals surface area contributed by atoms with Gasteiger partial charge in [-0.15, -0.1) is 0 Å². The molecule has 2 rings (SSSR count). The van der Waals surface area contributed by atoms with Gasteiger partial charge in [0.25, 0.3) is 0 Å². The highest BCUT2D eigenvalue weighted by Gasteiger charge is 2.06. The highest BCUT2D eigenvalue weighted by Crippen LogP contribution is 2.26. The van der Waals surface area contributed by atoms with Crippen LogP contribution in [0.1, 0.15) is 24.5 Å². The number of hydrogen-bond donors (Lipinski definition) is 1. The molecular formula is C17H20FNO. The summed E-state index contributed by atoms with van der Waals surface area (Å²) in [6.45, 7) is 5.90. The van der Waals surface area contributed by atoms with Crippen LogP contribution in [0.5, 0.6) is 11.5 Å². The molecule has 0 aliphatic heterocycles. The van der Waals surface area contributed by atoms with Crippen molar-refractivity contribution in [3.05, 3.63) is 59.4 Å². The first-order valence-electron chi connectivity index (χ1n) is 6.92. The fourth-order valence-electron chi connectivity index (χ4n) is 2.00. The Balaban J connectivity index is 2.17. The van der Waals surface area contributed by atoms with Gasteiger partial charge in [0.05, 0.1) is 0 Å². The van der Waals surface area contributed by atoms with Gasteiger partial charge in [0.15, 0.2) is 0 Å². The normalized spacial score (nSPS) is 10.6. The van der Waals surface area contributed by atoms with E-state index in [4.69, 9.17) is 4.74 Å². The smallest absolute Gasteiger partial charge is 0.131 e. The van der Waals surface area contributed by atoms with Crippen molar-refractivity contribution >= 4 is 0 Å². The molecule has 0 aliphatic rings. The van der Waals surface area contributed by atoms with Gasteiger partial charge in [-0.25, -0.2) is 4.39 Å². The van der Waals surface area contributed by atoms with E-state index in [9.17, 15) is 4.39 Å². The van der Waals surface area contributed by atoms with Crippen molar-refractivity contribution in [2.45, 2.75) is 26.8 Å². The molecule has 0 aromatic heterocycles. The minimum absolute atomic E-state index is 0.291. The van der Waals surface area contributed by atoms with Crippen LogP contribution in [0.25, 0.3) is 0 Å². The molecule has 0 heterocycles. The van der Waals surface area contributed by atoms with Gasteiger partial charge < -0.3 is 10.1 Å². The van der Waals surface area contributed by atoms with Crippen molar-refractivity contribution in [2.75, 3.05) is 6.54 Å². The molecule has 0 atom stereocenters. The minimum atomic E-state index is -0.291. The lowest BCUT2D eigenvalue weighted by molar-refractivity contribution is 0.467. The van der Waals surface area contributed by atoms with E-state index < -0.39 is 0 Å². The second-order valence-corrected chi connectivity index (χ2v) is 4.85. The molecule has 3 heteroatoms. The third-order valence-electron chi connectivity index (χ3n) is 2.98. The largest absolute Gasteiger partial charge is 0.457 e. The Morgan fingerprint density at radius 3 is 2.75 bits per heavy atom. The van der Waals surface area contributed by atoms with E-state index in [1.54, 1.807) is 12.1 Å². The summed E-state index contributed by atoms with van der Waals surface area (Å²) in [5.41, 5.74) is 2.27. The average Bonchev–Trinajstić information content (AvgIpc) is 2.42. The van der Waals surface area contributed by atoms with E-state index in [1.165, 1.54) is 17.7 Å². The Labute approximate surface area is 119 Å². The molecule has 0 radical (unpaired) electrons. The first-order valence-corrected chi connectivity index (χ1v) is 6.92. The summed E-state index contributed by atoms with van der Waals surface area (Å²) in [6, 6.07) is 12.2. The number of hydrogen-bond acceptors (Lipinski definition) is 2. The number of benzene rings is 2. The van der Waals surface area contributed by atoms with Crippen LogP contribution in [0.3, 0.4) is 0 Å². The molecule has 2 nitrogen and oxygen atoms in total. The molecule has 0 bridgehead atoms. The van der Waals surface area contributed by atoms with Crippen molar-refractivity contribution in [3.8, 4) is 11.5 Å². The summed E-state index contributed by atoms with van der Waals surface area (Å²) in [6.07, 6.45) is 1.09. The van der Waals surface area contributed by atoms with Crippen LogP contribution in [0.2, 0.25) is 0 Å². The van der Waals surface area contributed by atoms with Gasteiger partial charge in [-0.05, 0) is 38.1 Å². The molecule has 0 amide bonds. The number of nitrogens with one attached hydrogen (secondary N) is 1. The summed E-state index contributed by atoms with van der Waals surface area (Å²) in [5, 5.41) is 3.36. The predicted molar refractivity (Wildman–Crippen MR) is 79.7 cm³/mol. The fourth-order valence-corrected chi connectivity index (χ4v) is 2.00. The summed E-state index contributed by atoms with van der Waals surface area (Å²) in [5.74, 6) is 0.996. The number of aryl methyl sites for hydroxylation is 1. The lowest BCUT2D eigenvalue weighted by atomic mass is 10.1. The zero-order valence-electron chi connectivity index (χ0n) is 11.9. The number of rotatable bonds is 6. The first-order chi connectivity index (χ1) is 9.69. The Kier molecular flexibility index (Phi) is 5.13. The number of ether oxygens (including phenoxy) is 1. The zero-order chi connectivity index (χ0) is 14.4. The molecule has 20 heavy (non-hydrogen) atoms. The second kappa shape index (κ2) is 7.06. The van der Waals surface area contributed by atoms with Gasteiger partial charge in [0.1, 0.15) is 17.3 Å². The maximum absolute atomic E-state index is 13.2. The van der Waals surface area contributed by atoms with Crippen molar-refractivity contribution in [1.29, 1.82) is 0 Å². The van der Waals surface area contributed by atoms with Gasteiger partial charge in [-0.2, -0.15) is 0 Å².